The predicted molar refractivity (Wildman–Crippen MR) is 134 cm³/mol. The number of benzene rings is 2. The number of alkyl carbamates (subject to hydrolysis) is 1. The van der Waals surface area contributed by atoms with Crippen molar-refractivity contribution in [1.29, 1.82) is 0 Å². The molecule has 2 N–H and O–H groups in total. The molecule has 34 heavy (non-hydrogen) atoms. The number of ether oxygens (including phenoxy) is 1. The van der Waals surface area contributed by atoms with Crippen molar-refractivity contribution in [2.24, 2.45) is 0 Å². The van der Waals surface area contributed by atoms with Gasteiger partial charge in [-0.1, -0.05) is 48.5 Å². The third kappa shape index (κ3) is 6.53. The number of fused-ring (bicyclic) bond motifs is 3. The zero-order valence-electron chi connectivity index (χ0n) is 19.7. The molecule has 0 unspecified atom stereocenters. The number of thioether (sulfide) groups is 1. The number of likely N-dealkylation sites (N-methyl/N-ethyl adjacent to an activating group) is 1. The molecule has 0 spiro atoms. The number of hydrogen-bond acceptors (Lipinski definition) is 5. The zero-order valence-corrected chi connectivity index (χ0v) is 20.5. The Kier molecular flexibility index (Phi) is 9.39. The predicted octanol–water partition coefficient (Wildman–Crippen LogP) is 4.36. The van der Waals surface area contributed by atoms with E-state index in [1.165, 1.54) is 0 Å². The van der Waals surface area contributed by atoms with Gasteiger partial charge < -0.3 is 20.1 Å². The second kappa shape index (κ2) is 12.5. The van der Waals surface area contributed by atoms with Gasteiger partial charge in [0.25, 0.3) is 0 Å². The summed E-state index contributed by atoms with van der Waals surface area (Å²) < 4.78 is 5.61. The molecule has 0 aromatic heterocycles. The number of hydrogen-bond donors (Lipinski definition) is 2. The number of nitrogens with zero attached hydrogens (tertiary/aromatic N) is 1. The molecule has 0 saturated heterocycles. The van der Waals surface area contributed by atoms with Gasteiger partial charge in [-0.2, -0.15) is 11.8 Å². The number of carbonyl (C=O) groups is 3. The number of rotatable bonds is 12. The lowest BCUT2D eigenvalue weighted by Gasteiger charge is -2.24. The summed E-state index contributed by atoms with van der Waals surface area (Å²) in [5, 5.41) is 11.5. The Bertz CT molecular complexity index is 967. The van der Waals surface area contributed by atoms with Gasteiger partial charge in [0.15, 0.2) is 0 Å². The van der Waals surface area contributed by atoms with E-state index in [1.54, 1.807) is 23.7 Å². The van der Waals surface area contributed by atoms with Gasteiger partial charge in [-0.3, -0.25) is 9.59 Å². The van der Waals surface area contributed by atoms with Crippen molar-refractivity contribution in [2.45, 2.75) is 37.6 Å². The molecular formula is C26H32N2O5S. The van der Waals surface area contributed by atoms with Crippen LogP contribution >= 0.6 is 11.8 Å². The summed E-state index contributed by atoms with van der Waals surface area (Å²) in [6.07, 6.45) is 3.00. The monoisotopic (exact) mass is 484 g/mol. The van der Waals surface area contributed by atoms with Crippen molar-refractivity contribution in [1.82, 2.24) is 10.2 Å². The van der Waals surface area contributed by atoms with E-state index in [1.807, 2.05) is 30.5 Å². The molecule has 3 rings (SSSR count). The van der Waals surface area contributed by atoms with Crippen LogP contribution in [0.1, 0.15) is 42.7 Å². The van der Waals surface area contributed by atoms with Crippen molar-refractivity contribution < 1.29 is 24.2 Å². The van der Waals surface area contributed by atoms with Crippen molar-refractivity contribution in [3.05, 3.63) is 59.7 Å². The summed E-state index contributed by atoms with van der Waals surface area (Å²) in [7, 11) is 1.68. The van der Waals surface area contributed by atoms with Gasteiger partial charge >= 0.3 is 12.1 Å². The fraction of sp³-hybridized carbons (Fsp3) is 0.423. The molecule has 7 nitrogen and oxygen atoms in total. The lowest BCUT2D eigenvalue weighted by molar-refractivity contribution is -0.137. The Labute approximate surface area is 204 Å². The van der Waals surface area contributed by atoms with Crippen LogP contribution in [0.4, 0.5) is 4.79 Å². The molecule has 1 atom stereocenters. The normalized spacial score (nSPS) is 13.0. The standard InChI is InChI=1S/C26H32N2O5S/c1-28(15-8-7-13-24(29)30)25(31)23(14-16-34-2)27-26(32)33-17-22-20-11-5-3-9-18(20)19-10-4-6-12-21(19)22/h3-6,9-12,22-23H,7-8,13-17H2,1-2H3,(H,27,32)(H,29,30)/t23-/m0/s1. The van der Waals surface area contributed by atoms with Crippen molar-refractivity contribution in [3.63, 3.8) is 0 Å². The molecule has 1 aliphatic carbocycles. The fourth-order valence-electron chi connectivity index (χ4n) is 4.28. The van der Waals surface area contributed by atoms with Gasteiger partial charge in [-0.25, -0.2) is 4.79 Å². The number of carboxylic acid groups (broad SMARTS) is 1. The van der Waals surface area contributed by atoms with E-state index in [2.05, 4.69) is 29.6 Å². The molecule has 2 aromatic rings. The van der Waals surface area contributed by atoms with Gasteiger partial charge in [0.1, 0.15) is 12.6 Å². The number of nitrogens with one attached hydrogen (secondary N) is 1. The summed E-state index contributed by atoms with van der Waals surface area (Å²) in [4.78, 5) is 37.8. The lowest BCUT2D eigenvalue weighted by Crippen LogP contribution is -2.48. The first-order chi connectivity index (χ1) is 16.4. The van der Waals surface area contributed by atoms with Crippen LogP contribution in [0.3, 0.4) is 0 Å². The highest BCUT2D eigenvalue weighted by Crippen LogP contribution is 2.44. The van der Waals surface area contributed by atoms with Crippen molar-refractivity contribution >= 4 is 29.7 Å². The minimum Gasteiger partial charge on any atom is -0.481 e. The number of amides is 2. The number of carboxylic acids is 1. The molecule has 0 radical (unpaired) electrons. The molecule has 2 amide bonds. The topological polar surface area (TPSA) is 95.9 Å². The highest BCUT2D eigenvalue weighted by atomic mass is 32.2. The molecule has 8 heteroatoms. The Balaban J connectivity index is 1.58. The molecule has 0 saturated carbocycles. The Morgan fingerprint density at radius 3 is 2.26 bits per heavy atom. The van der Waals surface area contributed by atoms with Crippen LogP contribution in [0.2, 0.25) is 0 Å². The first-order valence-electron chi connectivity index (χ1n) is 11.5. The summed E-state index contributed by atoms with van der Waals surface area (Å²) in [6.45, 7) is 0.628. The third-order valence-electron chi connectivity index (χ3n) is 6.05. The first-order valence-corrected chi connectivity index (χ1v) is 12.9. The maximum absolute atomic E-state index is 12.9. The number of aliphatic carboxylic acids is 1. The average molecular weight is 485 g/mol. The van der Waals surface area contributed by atoms with E-state index >= 15 is 0 Å². The second-order valence-corrected chi connectivity index (χ2v) is 9.40. The van der Waals surface area contributed by atoms with Gasteiger partial charge in [0.2, 0.25) is 5.91 Å². The van der Waals surface area contributed by atoms with E-state index in [0.29, 0.717) is 31.6 Å². The number of carbonyl (C=O) groups excluding carboxylic acids is 2. The maximum Gasteiger partial charge on any atom is 0.407 e. The van der Waals surface area contributed by atoms with Gasteiger partial charge in [-0.05, 0) is 53.5 Å². The van der Waals surface area contributed by atoms with Crippen LogP contribution in [0.25, 0.3) is 11.1 Å². The molecule has 2 aromatic carbocycles. The molecule has 0 heterocycles. The van der Waals surface area contributed by atoms with Gasteiger partial charge in [0, 0.05) is 25.9 Å². The maximum atomic E-state index is 12.9. The highest BCUT2D eigenvalue weighted by molar-refractivity contribution is 7.98. The number of unbranched alkanes of at least 4 members (excludes halogenated alkanes) is 1. The third-order valence-corrected chi connectivity index (χ3v) is 6.70. The van der Waals surface area contributed by atoms with Crippen LogP contribution in [0, 0.1) is 0 Å². The lowest BCUT2D eigenvalue weighted by atomic mass is 9.98. The Morgan fingerprint density at radius 2 is 1.68 bits per heavy atom. The van der Waals surface area contributed by atoms with Crippen LogP contribution in [0.5, 0.6) is 0 Å². The fourth-order valence-corrected chi connectivity index (χ4v) is 4.75. The molecule has 0 fully saturated rings. The Morgan fingerprint density at radius 1 is 1.06 bits per heavy atom. The first kappa shape index (κ1) is 25.6. The quantitative estimate of drug-likeness (QED) is 0.435. The van der Waals surface area contributed by atoms with E-state index < -0.39 is 18.1 Å². The van der Waals surface area contributed by atoms with Crippen LogP contribution in [-0.4, -0.2) is 66.2 Å². The summed E-state index contributed by atoms with van der Waals surface area (Å²) >= 11 is 1.60. The molecule has 1 aliphatic rings. The largest absolute Gasteiger partial charge is 0.481 e. The highest BCUT2D eigenvalue weighted by Gasteiger charge is 2.30. The van der Waals surface area contributed by atoms with E-state index in [0.717, 1.165) is 22.3 Å². The van der Waals surface area contributed by atoms with Crippen LogP contribution in [-0.2, 0) is 14.3 Å². The van der Waals surface area contributed by atoms with Crippen LogP contribution in [0.15, 0.2) is 48.5 Å². The van der Waals surface area contributed by atoms with Gasteiger partial charge in [-0.15, -0.1) is 0 Å². The van der Waals surface area contributed by atoms with Gasteiger partial charge in [0.05, 0.1) is 0 Å². The molecular weight excluding hydrogens is 452 g/mol. The van der Waals surface area contributed by atoms with E-state index in [9.17, 15) is 14.4 Å². The molecule has 0 bridgehead atoms. The minimum atomic E-state index is -0.844. The smallest absolute Gasteiger partial charge is 0.407 e. The Hall–Kier alpha value is -3.00. The van der Waals surface area contributed by atoms with Crippen molar-refractivity contribution in [3.8, 4) is 11.1 Å². The zero-order chi connectivity index (χ0) is 24.5. The second-order valence-electron chi connectivity index (χ2n) is 8.41. The summed E-state index contributed by atoms with van der Waals surface area (Å²) in [5.74, 6) is -0.371. The SMILES string of the molecule is CSCC[C@H](NC(=O)OCC1c2ccccc2-c2ccccc21)C(=O)N(C)CCCCC(=O)O. The van der Waals surface area contributed by atoms with Crippen molar-refractivity contribution in [2.75, 3.05) is 32.2 Å². The average Bonchev–Trinajstić information content (AvgIpc) is 3.16. The van der Waals surface area contributed by atoms with Crippen LogP contribution < -0.4 is 5.32 Å². The summed E-state index contributed by atoms with van der Waals surface area (Å²) in [5.41, 5.74) is 4.58. The molecule has 0 aliphatic heterocycles. The van der Waals surface area contributed by atoms with E-state index in [-0.39, 0.29) is 24.9 Å². The molecule has 182 valence electrons. The minimum absolute atomic E-state index is 0.0459. The summed E-state index contributed by atoms with van der Waals surface area (Å²) in [6, 6.07) is 15.6. The van der Waals surface area contributed by atoms with E-state index in [4.69, 9.17) is 9.84 Å².